The summed E-state index contributed by atoms with van der Waals surface area (Å²) in [5.41, 5.74) is 4.09. The summed E-state index contributed by atoms with van der Waals surface area (Å²) in [6, 6.07) is 21.2. The van der Waals surface area contributed by atoms with Gasteiger partial charge in [-0.05, 0) is 41.8 Å². The smallest absolute Gasteiger partial charge is 0.409 e. The Kier molecular flexibility index (Phi) is 6.73. The number of hydrogen-bond donors (Lipinski definition) is 1. The minimum absolute atomic E-state index is 0.0860. The van der Waals surface area contributed by atoms with E-state index >= 15 is 0 Å². The second-order valence-electron chi connectivity index (χ2n) is 8.83. The van der Waals surface area contributed by atoms with Gasteiger partial charge < -0.3 is 19.5 Å². The van der Waals surface area contributed by atoms with E-state index in [4.69, 9.17) is 9.47 Å². The molecule has 1 saturated heterocycles. The van der Waals surface area contributed by atoms with Crippen LogP contribution in [0.15, 0.2) is 72.5 Å². The maximum atomic E-state index is 13.1. The summed E-state index contributed by atoms with van der Waals surface area (Å²) in [6.45, 7) is 4.89. The predicted molar refractivity (Wildman–Crippen MR) is 137 cm³/mol. The lowest BCUT2D eigenvalue weighted by molar-refractivity contribution is 0.0774. The van der Waals surface area contributed by atoms with Crippen molar-refractivity contribution in [3.63, 3.8) is 0 Å². The molecule has 1 N–H and O–H groups in total. The summed E-state index contributed by atoms with van der Waals surface area (Å²) in [7, 11) is 0. The third-order valence-electron chi connectivity index (χ3n) is 6.51. The van der Waals surface area contributed by atoms with Gasteiger partial charge in [-0.15, -0.1) is 0 Å². The van der Waals surface area contributed by atoms with Crippen molar-refractivity contribution >= 4 is 18.0 Å². The number of amides is 1. The molecular formula is C29H28N2O5. The summed E-state index contributed by atoms with van der Waals surface area (Å²) < 4.78 is 11.1. The number of Topliss-reactive ketones (excluding diaryl/α,β-unsaturated/α-hetero) is 1. The number of carbonyl (C=O) groups is 2. The molecule has 0 spiro atoms. The lowest BCUT2D eigenvalue weighted by Gasteiger charge is -2.34. The van der Waals surface area contributed by atoms with E-state index in [1.807, 2.05) is 42.5 Å². The van der Waals surface area contributed by atoms with Gasteiger partial charge >= 0.3 is 6.09 Å². The summed E-state index contributed by atoms with van der Waals surface area (Å²) in [6.07, 6.45) is 1.43. The molecular weight excluding hydrogens is 456 g/mol. The van der Waals surface area contributed by atoms with Gasteiger partial charge in [-0.3, -0.25) is 9.69 Å². The molecule has 2 heterocycles. The van der Waals surface area contributed by atoms with E-state index in [0.29, 0.717) is 56.2 Å². The van der Waals surface area contributed by atoms with Gasteiger partial charge in [0.1, 0.15) is 11.5 Å². The summed E-state index contributed by atoms with van der Waals surface area (Å²) in [5.74, 6) is 0.518. The number of hydrogen-bond acceptors (Lipinski definition) is 6. The van der Waals surface area contributed by atoms with E-state index in [9.17, 15) is 14.7 Å². The normalized spacial score (nSPS) is 16.6. The van der Waals surface area contributed by atoms with Crippen LogP contribution in [0.3, 0.4) is 0 Å². The number of piperazine rings is 1. The molecule has 3 aromatic rings. The number of phenols is 1. The van der Waals surface area contributed by atoms with Crippen molar-refractivity contribution < 1.29 is 24.2 Å². The highest BCUT2D eigenvalue weighted by Gasteiger charge is 2.32. The van der Waals surface area contributed by atoms with E-state index < -0.39 is 0 Å². The van der Waals surface area contributed by atoms with E-state index in [0.717, 1.165) is 16.7 Å². The van der Waals surface area contributed by atoms with Crippen molar-refractivity contribution in [3.05, 3.63) is 89.2 Å². The highest BCUT2D eigenvalue weighted by molar-refractivity contribution is 6.15. The van der Waals surface area contributed by atoms with E-state index in [1.165, 1.54) is 0 Å². The number of ether oxygens (including phenoxy) is 2. The Morgan fingerprint density at radius 1 is 0.972 bits per heavy atom. The van der Waals surface area contributed by atoms with Crippen LogP contribution in [0, 0.1) is 0 Å². The number of rotatable bonds is 5. The summed E-state index contributed by atoms with van der Waals surface area (Å²) in [5, 5.41) is 10.6. The van der Waals surface area contributed by atoms with Gasteiger partial charge in [-0.25, -0.2) is 4.79 Å². The van der Waals surface area contributed by atoms with Crippen molar-refractivity contribution in [3.8, 4) is 22.6 Å². The summed E-state index contributed by atoms with van der Waals surface area (Å²) >= 11 is 0. The molecule has 3 aromatic carbocycles. The molecule has 0 saturated carbocycles. The molecule has 0 atom stereocenters. The predicted octanol–water partition coefficient (Wildman–Crippen LogP) is 4.95. The number of phenolic OH excluding ortho intramolecular Hbond substituents is 1. The lowest BCUT2D eigenvalue weighted by Crippen LogP contribution is -2.48. The van der Waals surface area contributed by atoms with Crippen molar-refractivity contribution in [1.29, 1.82) is 0 Å². The highest BCUT2D eigenvalue weighted by Crippen LogP contribution is 2.40. The van der Waals surface area contributed by atoms with Gasteiger partial charge in [0.2, 0.25) is 5.78 Å². The van der Waals surface area contributed by atoms with E-state index in [2.05, 4.69) is 17.0 Å². The van der Waals surface area contributed by atoms with Crippen molar-refractivity contribution in [2.75, 3.05) is 32.8 Å². The molecule has 0 aromatic heterocycles. The number of benzene rings is 3. The number of fused-ring (bicyclic) bond motifs is 1. The van der Waals surface area contributed by atoms with Crippen LogP contribution in [-0.2, 0) is 11.3 Å². The van der Waals surface area contributed by atoms with Gasteiger partial charge in [0.05, 0.1) is 17.7 Å². The van der Waals surface area contributed by atoms with Crippen molar-refractivity contribution in [2.45, 2.75) is 13.5 Å². The first kappa shape index (κ1) is 23.6. The van der Waals surface area contributed by atoms with Crippen LogP contribution in [0.5, 0.6) is 11.5 Å². The Morgan fingerprint density at radius 2 is 1.67 bits per heavy atom. The summed E-state index contributed by atoms with van der Waals surface area (Å²) in [4.78, 5) is 28.9. The number of allylic oxidation sites excluding steroid dienone is 1. The monoisotopic (exact) mass is 484 g/mol. The zero-order valence-electron chi connectivity index (χ0n) is 20.1. The number of nitrogens with zero attached hydrogens (tertiary/aromatic N) is 2. The molecule has 7 nitrogen and oxygen atoms in total. The first-order valence-electron chi connectivity index (χ1n) is 12.1. The third-order valence-corrected chi connectivity index (χ3v) is 6.51. The maximum Gasteiger partial charge on any atom is 0.409 e. The van der Waals surface area contributed by atoms with Gasteiger partial charge in [0, 0.05) is 32.7 Å². The molecule has 2 aliphatic rings. The Hall–Kier alpha value is -4.10. The molecule has 1 fully saturated rings. The van der Waals surface area contributed by atoms with Gasteiger partial charge in [-0.1, -0.05) is 54.6 Å². The van der Waals surface area contributed by atoms with Gasteiger partial charge in [-0.2, -0.15) is 0 Å². The standard InChI is InChI=1S/C29H28N2O5/c1-2-35-29(34)31-16-14-30(15-17-31)19-24-25(32)13-12-23-27(33)26(36-28(23)24)18-20-8-10-22(11-9-20)21-6-4-3-5-7-21/h3-13,18,32H,2,14-17,19H2,1H3/b26-18-. The van der Waals surface area contributed by atoms with Crippen LogP contribution in [0.2, 0.25) is 0 Å². The molecule has 0 bridgehead atoms. The molecule has 1 amide bonds. The Labute approximate surface area is 210 Å². The molecule has 0 unspecified atom stereocenters. The molecule has 36 heavy (non-hydrogen) atoms. The average Bonchev–Trinajstić information content (AvgIpc) is 3.22. The zero-order valence-corrected chi connectivity index (χ0v) is 20.1. The molecule has 0 aliphatic carbocycles. The van der Waals surface area contributed by atoms with E-state index in [1.54, 1.807) is 30.0 Å². The SMILES string of the molecule is CCOC(=O)N1CCN(Cc2c(O)ccc3c2O/C(=C\c2ccc(-c4ccccc4)cc2)C3=O)CC1. The van der Waals surface area contributed by atoms with Crippen LogP contribution >= 0.6 is 0 Å². The molecule has 184 valence electrons. The lowest BCUT2D eigenvalue weighted by atomic mass is 10.0. The van der Waals surface area contributed by atoms with Crippen LogP contribution in [0.25, 0.3) is 17.2 Å². The minimum Gasteiger partial charge on any atom is -0.507 e. The third kappa shape index (κ3) is 4.83. The number of ketones is 1. The molecule has 2 aliphatic heterocycles. The quantitative estimate of drug-likeness (QED) is 0.517. The first-order valence-corrected chi connectivity index (χ1v) is 12.1. The molecule has 7 heteroatoms. The zero-order chi connectivity index (χ0) is 25.1. The van der Waals surface area contributed by atoms with Gasteiger partial charge in [0.25, 0.3) is 0 Å². The number of aromatic hydroxyl groups is 1. The minimum atomic E-state index is -0.305. The van der Waals surface area contributed by atoms with Crippen LogP contribution in [0.1, 0.15) is 28.4 Å². The molecule has 0 radical (unpaired) electrons. The number of carbonyl (C=O) groups excluding carboxylic acids is 2. The van der Waals surface area contributed by atoms with Crippen LogP contribution < -0.4 is 4.74 Å². The van der Waals surface area contributed by atoms with Crippen LogP contribution in [-0.4, -0.2) is 59.6 Å². The van der Waals surface area contributed by atoms with Crippen LogP contribution in [0.4, 0.5) is 4.79 Å². The Bertz CT molecular complexity index is 1290. The van der Waals surface area contributed by atoms with Crippen molar-refractivity contribution in [1.82, 2.24) is 9.80 Å². The maximum absolute atomic E-state index is 13.1. The molecule has 5 rings (SSSR count). The highest BCUT2D eigenvalue weighted by atomic mass is 16.6. The van der Waals surface area contributed by atoms with E-state index in [-0.39, 0.29) is 23.4 Å². The Balaban J connectivity index is 1.31. The topological polar surface area (TPSA) is 79.3 Å². The van der Waals surface area contributed by atoms with Crippen molar-refractivity contribution in [2.24, 2.45) is 0 Å². The van der Waals surface area contributed by atoms with Gasteiger partial charge in [0.15, 0.2) is 5.76 Å². The second-order valence-corrected chi connectivity index (χ2v) is 8.83. The Morgan fingerprint density at radius 3 is 2.36 bits per heavy atom. The second kappa shape index (κ2) is 10.3. The fraction of sp³-hybridized carbons (Fsp3) is 0.241. The fourth-order valence-electron chi connectivity index (χ4n) is 4.53. The average molecular weight is 485 g/mol. The largest absolute Gasteiger partial charge is 0.507 e. The fourth-order valence-corrected chi connectivity index (χ4v) is 4.53. The first-order chi connectivity index (χ1) is 17.5.